The second-order valence-corrected chi connectivity index (χ2v) is 5.40. The molecule has 0 spiro atoms. The number of esters is 1. The number of hydrogen-bond donors (Lipinski definition) is 2. The molecule has 0 bridgehead atoms. The van der Waals surface area contributed by atoms with Crippen molar-refractivity contribution in [2.24, 2.45) is 0 Å². The van der Waals surface area contributed by atoms with Crippen LogP contribution in [0.4, 0.5) is 4.39 Å². The molecular formula is C11H12FNO6S. The third-order valence-corrected chi connectivity index (χ3v) is 3.81. The van der Waals surface area contributed by atoms with Crippen LogP contribution in [-0.4, -0.2) is 39.1 Å². The Balaban J connectivity index is 3.00. The van der Waals surface area contributed by atoms with E-state index in [2.05, 4.69) is 4.74 Å². The molecule has 0 heterocycles. The van der Waals surface area contributed by atoms with Crippen LogP contribution in [0.2, 0.25) is 0 Å². The number of carbonyl (C=O) groups is 2. The Hall–Kier alpha value is -2.00. The highest BCUT2D eigenvalue weighted by atomic mass is 32.2. The second kappa shape index (κ2) is 6.44. The lowest BCUT2D eigenvalue weighted by molar-refractivity contribution is -0.140. The Labute approximate surface area is 114 Å². The topological polar surface area (TPSA) is 110 Å². The normalized spacial score (nSPS) is 11.1. The van der Waals surface area contributed by atoms with Crippen molar-refractivity contribution in [2.45, 2.75) is 11.3 Å². The van der Waals surface area contributed by atoms with Crippen LogP contribution in [0.25, 0.3) is 0 Å². The molecule has 7 nitrogen and oxygen atoms in total. The Morgan fingerprint density at radius 2 is 2.05 bits per heavy atom. The first kappa shape index (κ1) is 16.1. The van der Waals surface area contributed by atoms with E-state index in [0.29, 0.717) is 6.07 Å². The van der Waals surface area contributed by atoms with E-state index in [0.717, 1.165) is 19.2 Å². The molecule has 20 heavy (non-hydrogen) atoms. The molecule has 0 saturated heterocycles. The van der Waals surface area contributed by atoms with E-state index in [9.17, 15) is 22.4 Å². The second-order valence-electron chi connectivity index (χ2n) is 3.67. The summed E-state index contributed by atoms with van der Waals surface area (Å²) in [5.41, 5.74) is -0.558. The molecule has 1 rings (SSSR count). The average Bonchev–Trinajstić information content (AvgIpc) is 2.37. The van der Waals surface area contributed by atoms with Gasteiger partial charge in [-0.2, -0.15) is 0 Å². The molecular weight excluding hydrogens is 293 g/mol. The van der Waals surface area contributed by atoms with Crippen molar-refractivity contribution >= 4 is 22.0 Å². The first-order valence-electron chi connectivity index (χ1n) is 5.37. The summed E-state index contributed by atoms with van der Waals surface area (Å²) in [5, 5.41) is 8.88. The van der Waals surface area contributed by atoms with Crippen LogP contribution in [0, 0.1) is 5.82 Å². The standard InChI is InChI=1S/C11H12FNO6S/c1-19-10(14)4-5-13-20(17,18)9-6-7(12)2-3-8(9)11(15)16/h2-3,6,13H,4-5H2,1H3,(H,15,16). The molecule has 0 atom stereocenters. The molecule has 0 aliphatic rings. The Bertz CT molecular complexity index is 628. The number of carbonyl (C=O) groups excluding carboxylic acids is 1. The lowest BCUT2D eigenvalue weighted by Crippen LogP contribution is -2.28. The fourth-order valence-electron chi connectivity index (χ4n) is 1.36. The van der Waals surface area contributed by atoms with Crippen molar-refractivity contribution in [1.82, 2.24) is 4.72 Å². The third kappa shape index (κ3) is 4.00. The summed E-state index contributed by atoms with van der Waals surface area (Å²) in [7, 11) is -3.10. The zero-order valence-corrected chi connectivity index (χ0v) is 11.2. The van der Waals surface area contributed by atoms with Gasteiger partial charge in [-0.05, 0) is 18.2 Å². The van der Waals surface area contributed by atoms with Gasteiger partial charge in [0.1, 0.15) is 5.82 Å². The molecule has 1 aromatic carbocycles. The number of methoxy groups -OCH3 is 1. The lowest BCUT2D eigenvalue weighted by Gasteiger charge is -2.09. The van der Waals surface area contributed by atoms with Crippen LogP contribution in [-0.2, 0) is 19.6 Å². The van der Waals surface area contributed by atoms with Crippen LogP contribution >= 0.6 is 0 Å². The molecule has 9 heteroatoms. The van der Waals surface area contributed by atoms with Crippen LogP contribution in [0.1, 0.15) is 16.8 Å². The first-order valence-corrected chi connectivity index (χ1v) is 6.85. The number of aromatic carboxylic acids is 1. The van der Waals surface area contributed by atoms with E-state index < -0.39 is 38.2 Å². The third-order valence-electron chi connectivity index (χ3n) is 2.31. The quantitative estimate of drug-likeness (QED) is 0.735. The fourth-order valence-corrected chi connectivity index (χ4v) is 2.60. The number of hydrogen-bond acceptors (Lipinski definition) is 5. The predicted octanol–water partition coefficient (Wildman–Crippen LogP) is 0.365. The van der Waals surface area contributed by atoms with Crippen molar-refractivity contribution in [2.75, 3.05) is 13.7 Å². The van der Waals surface area contributed by atoms with Gasteiger partial charge in [-0.1, -0.05) is 0 Å². The number of halogens is 1. The number of rotatable bonds is 6. The summed E-state index contributed by atoms with van der Waals surface area (Å²) < 4.78 is 43.2. The van der Waals surface area contributed by atoms with E-state index in [4.69, 9.17) is 5.11 Å². The number of carboxylic acids is 1. The van der Waals surface area contributed by atoms with E-state index in [-0.39, 0.29) is 13.0 Å². The molecule has 0 radical (unpaired) electrons. The minimum atomic E-state index is -4.24. The van der Waals surface area contributed by atoms with Crippen LogP contribution in [0.5, 0.6) is 0 Å². The number of nitrogens with one attached hydrogen (secondary N) is 1. The SMILES string of the molecule is COC(=O)CCNS(=O)(=O)c1cc(F)ccc1C(=O)O. The molecule has 0 unspecified atom stereocenters. The predicted molar refractivity (Wildman–Crippen MR) is 65.2 cm³/mol. The van der Waals surface area contributed by atoms with E-state index in [1.54, 1.807) is 0 Å². The molecule has 0 aliphatic carbocycles. The maximum Gasteiger partial charge on any atom is 0.337 e. The van der Waals surface area contributed by atoms with Gasteiger partial charge < -0.3 is 9.84 Å². The van der Waals surface area contributed by atoms with Crippen molar-refractivity contribution < 1.29 is 32.2 Å². The average molecular weight is 305 g/mol. The lowest BCUT2D eigenvalue weighted by atomic mass is 10.2. The number of ether oxygens (including phenoxy) is 1. The highest BCUT2D eigenvalue weighted by Gasteiger charge is 2.23. The number of sulfonamides is 1. The van der Waals surface area contributed by atoms with E-state index >= 15 is 0 Å². The Morgan fingerprint density at radius 1 is 1.40 bits per heavy atom. The van der Waals surface area contributed by atoms with Gasteiger partial charge in [0.25, 0.3) is 0 Å². The van der Waals surface area contributed by atoms with E-state index in [1.165, 1.54) is 0 Å². The van der Waals surface area contributed by atoms with Gasteiger partial charge in [0.2, 0.25) is 10.0 Å². The zero-order chi connectivity index (χ0) is 15.3. The summed E-state index contributed by atoms with van der Waals surface area (Å²) in [6.07, 6.45) is -0.229. The van der Waals surface area contributed by atoms with Crippen molar-refractivity contribution in [1.29, 1.82) is 0 Å². The molecule has 0 amide bonds. The van der Waals surface area contributed by atoms with Gasteiger partial charge in [0, 0.05) is 6.54 Å². The van der Waals surface area contributed by atoms with Gasteiger partial charge in [-0.25, -0.2) is 22.3 Å². The monoisotopic (exact) mass is 305 g/mol. The molecule has 1 aromatic rings. The molecule has 0 fully saturated rings. The smallest absolute Gasteiger partial charge is 0.337 e. The maximum absolute atomic E-state index is 13.1. The van der Waals surface area contributed by atoms with E-state index in [1.807, 2.05) is 4.72 Å². The van der Waals surface area contributed by atoms with Crippen molar-refractivity contribution in [3.8, 4) is 0 Å². The van der Waals surface area contributed by atoms with Gasteiger partial charge >= 0.3 is 11.9 Å². The Morgan fingerprint density at radius 3 is 2.60 bits per heavy atom. The highest BCUT2D eigenvalue weighted by Crippen LogP contribution is 2.17. The number of carboxylic acid groups (broad SMARTS) is 1. The summed E-state index contributed by atoms with van der Waals surface area (Å²) in [6.45, 7) is -0.287. The number of benzene rings is 1. The van der Waals surface area contributed by atoms with Gasteiger partial charge in [0.15, 0.2) is 0 Å². The van der Waals surface area contributed by atoms with Gasteiger partial charge in [0.05, 0.1) is 24.0 Å². The zero-order valence-electron chi connectivity index (χ0n) is 10.4. The summed E-state index contributed by atoms with van der Waals surface area (Å²) in [4.78, 5) is 21.1. The summed E-state index contributed by atoms with van der Waals surface area (Å²) >= 11 is 0. The largest absolute Gasteiger partial charge is 0.478 e. The molecule has 0 saturated carbocycles. The van der Waals surface area contributed by atoms with Crippen LogP contribution in [0.15, 0.2) is 23.1 Å². The van der Waals surface area contributed by atoms with Gasteiger partial charge in [-0.3, -0.25) is 4.79 Å². The fraction of sp³-hybridized carbons (Fsp3) is 0.273. The molecule has 110 valence electrons. The van der Waals surface area contributed by atoms with Crippen molar-refractivity contribution in [3.63, 3.8) is 0 Å². The van der Waals surface area contributed by atoms with Crippen LogP contribution in [0.3, 0.4) is 0 Å². The van der Waals surface area contributed by atoms with Crippen LogP contribution < -0.4 is 4.72 Å². The minimum absolute atomic E-state index is 0.229. The molecule has 2 N–H and O–H groups in total. The Kier molecular flexibility index (Phi) is 5.17. The molecule has 0 aliphatic heterocycles. The molecule has 0 aromatic heterocycles. The maximum atomic E-state index is 13.1. The highest BCUT2D eigenvalue weighted by molar-refractivity contribution is 7.89. The first-order chi connectivity index (χ1) is 9.27. The summed E-state index contributed by atoms with van der Waals surface area (Å²) in [5.74, 6) is -3.02. The minimum Gasteiger partial charge on any atom is -0.478 e. The van der Waals surface area contributed by atoms with Crippen molar-refractivity contribution in [3.05, 3.63) is 29.6 Å². The summed E-state index contributed by atoms with van der Waals surface area (Å²) in [6, 6.07) is 2.30. The van der Waals surface area contributed by atoms with Gasteiger partial charge in [-0.15, -0.1) is 0 Å².